The number of hydrogen-bond donors (Lipinski definition) is 2. The third-order valence-corrected chi connectivity index (χ3v) is 4.32. The Morgan fingerprint density at radius 1 is 1.28 bits per heavy atom. The molecule has 0 atom stereocenters. The highest BCUT2D eigenvalue weighted by Gasteiger charge is 2.10. The Morgan fingerprint density at radius 2 is 2.17 bits per heavy atom. The van der Waals surface area contributed by atoms with Gasteiger partial charge in [-0.15, -0.1) is 5.10 Å². The van der Waals surface area contributed by atoms with E-state index >= 15 is 0 Å². The van der Waals surface area contributed by atoms with E-state index in [1.807, 2.05) is 54.6 Å². The number of aromatic nitrogens is 3. The summed E-state index contributed by atoms with van der Waals surface area (Å²) < 4.78 is 11.6. The molecule has 0 aliphatic heterocycles. The van der Waals surface area contributed by atoms with Crippen LogP contribution in [0.5, 0.6) is 5.75 Å². The van der Waals surface area contributed by atoms with Gasteiger partial charge in [-0.05, 0) is 35.9 Å². The van der Waals surface area contributed by atoms with E-state index in [1.54, 1.807) is 0 Å². The minimum Gasteiger partial charge on any atom is -0.489 e. The van der Waals surface area contributed by atoms with Crippen molar-refractivity contribution < 1.29 is 13.9 Å². The number of hydrogen-bond acceptors (Lipinski definition) is 6. The monoisotopic (exact) mass is 387 g/mol. The molecule has 2 aromatic carbocycles. The lowest BCUT2D eigenvalue weighted by Crippen LogP contribution is -2.18. The van der Waals surface area contributed by atoms with Crippen LogP contribution in [0.3, 0.4) is 0 Å². The maximum atomic E-state index is 11.0. The molecule has 0 saturated carbocycles. The minimum absolute atomic E-state index is 0.103. The maximum Gasteiger partial charge on any atom is 0.217 e. The van der Waals surface area contributed by atoms with Crippen molar-refractivity contribution in [2.75, 3.05) is 0 Å². The predicted molar refractivity (Wildman–Crippen MR) is 105 cm³/mol. The molecule has 144 valence electrons. The highest BCUT2D eigenvalue weighted by molar-refractivity contribution is 5.79. The summed E-state index contributed by atoms with van der Waals surface area (Å²) in [5, 5.41) is 23.0. The third kappa shape index (κ3) is 4.09. The molecule has 0 radical (unpaired) electrons. The molecule has 0 bridgehead atoms. The Labute approximate surface area is 166 Å². The van der Waals surface area contributed by atoms with Crippen LogP contribution in [0, 0.1) is 11.3 Å². The van der Waals surface area contributed by atoms with Gasteiger partial charge in [-0.1, -0.05) is 23.4 Å². The first kappa shape index (κ1) is 18.3. The molecular formula is C21H17N5O3. The Hall–Kier alpha value is -4.12. The molecule has 29 heavy (non-hydrogen) atoms. The van der Waals surface area contributed by atoms with Gasteiger partial charge in [0.2, 0.25) is 5.91 Å². The quantitative estimate of drug-likeness (QED) is 0.524. The second-order valence-corrected chi connectivity index (χ2v) is 6.46. The van der Waals surface area contributed by atoms with Crippen molar-refractivity contribution >= 4 is 16.9 Å². The van der Waals surface area contributed by atoms with Crippen molar-refractivity contribution in [1.29, 1.82) is 5.26 Å². The van der Waals surface area contributed by atoms with Crippen molar-refractivity contribution in [1.82, 2.24) is 20.7 Å². The van der Waals surface area contributed by atoms with Crippen LogP contribution < -0.4 is 10.1 Å². The average molecular weight is 387 g/mol. The molecule has 0 unspecified atom stereocenters. The number of carbonyl (C=O) groups is 1. The third-order valence-electron chi connectivity index (χ3n) is 4.32. The average Bonchev–Trinajstić information content (AvgIpc) is 3.37. The number of ether oxygens (including phenoxy) is 1. The maximum absolute atomic E-state index is 11.0. The number of furan rings is 1. The summed E-state index contributed by atoms with van der Waals surface area (Å²) in [6.07, 6.45) is 0. The van der Waals surface area contributed by atoms with Crippen LogP contribution in [0.4, 0.5) is 0 Å². The summed E-state index contributed by atoms with van der Waals surface area (Å²) in [4.78, 5) is 11.0. The largest absolute Gasteiger partial charge is 0.489 e. The Balaban J connectivity index is 1.47. The highest BCUT2D eigenvalue weighted by Crippen LogP contribution is 2.25. The van der Waals surface area contributed by atoms with E-state index < -0.39 is 0 Å². The van der Waals surface area contributed by atoms with Gasteiger partial charge in [-0.3, -0.25) is 4.79 Å². The van der Waals surface area contributed by atoms with Gasteiger partial charge in [-0.25, -0.2) is 5.10 Å². The normalized spacial score (nSPS) is 10.6. The SMILES string of the molecule is CC(=O)NCc1cc2cc(COc3cccc(-c4nn[nH]c4C#N)c3)ccc2o1. The molecule has 0 spiro atoms. The van der Waals surface area contributed by atoms with E-state index in [4.69, 9.17) is 14.4 Å². The number of amides is 1. The van der Waals surface area contributed by atoms with E-state index in [2.05, 4.69) is 20.7 Å². The topological polar surface area (TPSA) is 117 Å². The summed E-state index contributed by atoms with van der Waals surface area (Å²) in [5.41, 5.74) is 3.29. The Kier molecular flexibility index (Phi) is 4.95. The lowest BCUT2D eigenvalue weighted by Gasteiger charge is -2.07. The number of fused-ring (bicyclic) bond motifs is 1. The summed E-state index contributed by atoms with van der Waals surface area (Å²) in [6.45, 7) is 2.20. The van der Waals surface area contributed by atoms with Gasteiger partial charge >= 0.3 is 0 Å². The number of H-pyrrole nitrogens is 1. The summed E-state index contributed by atoms with van der Waals surface area (Å²) in [5.74, 6) is 1.25. The second kappa shape index (κ2) is 7.86. The van der Waals surface area contributed by atoms with Gasteiger partial charge < -0.3 is 14.5 Å². The fourth-order valence-electron chi connectivity index (χ4n) is 2.94. The van der Waals surface area contributed by atoms with Crippen molar-refractivity contribution in [3.8, 4) is 23.1 Å². The van der Waals surface area contributed by atoms with Crippen LogP contribution in [-0.2, 0) is 17.9 Å². The minimum atomic E-state index is -0.103. The van der Waals surface area contributed by atoms with Crippen LogP contribution in [0.15, 0.2) is 52.9 Å². The standard InChI is InChI=1S/C21H17N5O3/c1-13(27)23-11-18-9-16-7-14(5-6-20(16)29-18)12-28-17-4-2-3-15(8-17)21-19(10-22)24-26-25-21/h2-9H,11-12H2,1H3,(H,23,27)(H,24,25,26). The van der Waals surface area contributed by atoms with E-state index in [9.17, 15) is 4.79 Å². The first-order chi connectivity index (χ1) is 14.1. The summed E-state index contributed by atoms with van der Waals surface area (Å²) in [7, 11) is 0. The molecule has 2 heterocycles. The van der Waals surface area contributed by atoms with Crippen LogP contribution in [-0.4, -0.2) is 21.3 Å². The van der Waals surface area contributed by atoms with Crippen molar-refractivity contribution in [2.45, 2.75) is 20.1 Å². The molecule has 2 aromatic heterocycles. The van der Waals surface area contributed by atoms with Gasteiger partial charge in [0.1, 0.15) is 35.5 Å². The molecule has 0 aliphatic carbocycles. The fraction of sp³-hybridized carbons (Fsp3) is 0.143. The van der Waals surface area contributed by atoms with E-state index in [-0.39, 0.29) is 5.91 Å². The smallest absolute Gasteiger partial charge is 0.217 e. The number of nitriles is 1. The number of nitrogens with one attached hydrogen (secondary N) is 2. The number of rotatable bonds is 6. The number of nitrogens with zero attached hydrogens (tertiary/aromatic N) is 3. The summed E-state index contributed by atoms with van der Waals surface area (Å²) >= 11 is 0. The fourth-order valence-corrected chi connectivity index (χ4v) is 2.94. The van der Waals surface area contributed by atoms with E-state index in [0.29, 0.717) is 36.0 Å². The molecule has 0 saturated heterocycles. The van der Waals surface area contributed by atoms with Crippen molar-refractivity contribution in [3.63, 3.8) is 0 Å². The van der Waals surface area contributed by atoms with Gasteiger partial charge in [0.25, 0.3) is 0 Å². The second-order valence-electron chi connectivity index (χ2n) is 6.46. The molecule has 8 heteroatoms. The molecule has 1 amide bonds. The lowest BCUT2D eigenvalue weighted by molar-refractivity contribution is -0.119. The molecule has 8 nitrogen and oxygen atoms in total. The molecule has 2 N–H and O–H groups in total. The molecule has 4 aromatic rings. The number of benzene rings is 2. The zero-order valence-electron chi connectivity index (χ0n) is 15.6. The van der Waals surface area contributed by atoms with Crippen LogP contribution >= 0.6 is 0 Å². The van der Waals surface area contributed by atoms with Gasteiger partial charge in [0.05, 0.1) is 6.54 Å². The van der Waals surface area contributed by atoms with Crippen LogP contribution in [0.25, 0.3) is 22.2 Å². The number of carbonyl (C=O) groups excluding carboxylic acids is 1. The van der Waals surface area contributed by atoms with E-state index in [1.165, 1.54) is 6.92 Å². The van der Waals surface area contributed by atoms with Gasteiger partial charge in [-0.2, -0.15) is 5.26 Å². The van der Waals surface area contributed by atoms with Crippen LogP contribution in [0.1, 0.15) is 23.9 Å². The molecule has 0 fully saturated rings. The predicted octanol–water partition coefficient (Wildman–Crippen LogP) is 3.30. The van der Waals surface area contributed by atoms with Crippen molar-refractivity contribution in [2.24, 2.45) is 0 Å². The first-order valence-electron chi connectivity index (χ1n) is 8.92. The summed E-state index contributed by atoms with van der Waals surface area (Å²) in [6, 6.07) is 17.1. The zero-order valence-corrected chi connectivity index (χ0v) is 15.6. The van der Waals surface area contributed by atoms with Gasteiger partial charge in [0.15, 0.2) is 5.69 Å². The Bertz CT molecular complexity index is 1220. The zero-order chi connectivity index (χ0) is 20.2. The molecular weight excluding hydrogens is 370 g/mol. The van der Waals surface area contributed by atoms with Crippen LogP contribution in [0.2, 0.25) is 0 Å². The number of aromatic amines is 1. The molecule has 0 aliphatic rings. The van der Waals surface area contributed by atoms with Crippen molar-refractivity contribution in [3.05, 3.63) is 65.5 Å². The molecule has 4 rings (SSSR count). The first-order valence-corrected chi connectivity index (χ1v) is 8.92. The van der Waals surface area contributed by atoms with E-state index in [0.717, 1.165) is 22.1 Å². The Morgan fingerprint density at radius 3 is 3.00 bits per heavy atom. The highest BCUT2D eigenvalue weighted by atomic mass is 16.5. The lowest BCUT2D eigenvalue weighted by atomic mass is 10.1. The van der Waals surface area contributed by atoms with Gasteiger partial charge in [0, 0.05) is 17.9 Å².